The summed E-state index contributed by atoms with van der Waals surface area (Å²) in [6.07, 6.45) is 2.20. The Morgan fingerprint density at radius 3 is 2.38 bits per heavy atom. The predicted molar refractivity (Wildman–Crippen MR) is 63.3 cm³/mol. The number of nitrogens with two attached hydrogens (primary N) is 1. The molecule has 94 valence electrons. The van der Waals surface area contributed by atoms with Crippen LogP contribution in [0.15, 0.2) is 0 Å². The van der Waals surface area contributed by atoms with Crippen molar-refractivity contribution in [3.8, 4) is 0 Å². The first-order valence-electron chi connectivity index (χ1n) is 6.05. The van der Waals surface area contributed by atoms with Crippen molar-refractivity contribution in [2.24, 2.45) is 11.8 Å². The number of Topliss-reactive ketones (excluding diaryl/α,β-unsaturated/α-hetero) is 1. The summed E-state index contributed by atoms with van der Waals surface area (Å²) in [4.78, 5) is 17.2. The Morgan fingerprint density at radius 1 is 1.44 bits per heavy atom. The van der Waals surface area contributed by atoms with Crippen LogP contribution in [-0.4, -0.2) is 21.9 Å². The van der Waals surface area contributed by atoms with E-state index in [0.29, 0.717) is 12.2 Å². The van der Waals surface area contributed by atoms with Gasteiger partial charge in [-0.05, 0) is 26.7 Å². The summed E-state index contributed by atoms with van der Waals surface area (Å²) in [5, 5.41) is 1.84. The van der Waals surface area contributed by atoms with Crippen molar-refractivity contribution in [1.82, 2.24) is 5.06 Å². The van der Waals surface area contributed by atoms with Gasteiger partial charge in [-0.15, -0.1) is 0 Å². The predicted octanol–water partition coefficient (Wildman–Crippen LogP) is 2.04. The van der Waals surface area contributed by atoms with Gasteiger partial charge in [-0.2, -0.15) is 11.0 Å². The molecule has 1 heterocycles. The Balaban J connectivity index is 3.17. The number of hydroxylamine groups is 2. The van der Waals surface area contributed by atoms with Crippen LogP contribution in [0, 0.1) is 5.92 Å². The summed E-state index contributed by atoms with van der Waals surface area (Å²) < 4.78 is 0. The Morgan fingerprint density at radius 2 is 2.00 bits per heavy atom. The summed E-state index contributed by atoms with van der Waals surface area (Å²) in [7, 11) is 0. The van der Waals surface area contributed by atoms with E-state index < -0.39 is 0 Å². The lowest BCUT2D eigenvalue weighted by Gasteiger charge is -2.54. The smallest absolute Gasteiger partial charge is 0.139 e. The van der Waals surface area contributed by atoms with Gasteiger partial charge in [0.2, 0.25) is 0 Å². The molecule has 0 aromatic rings. The molecule has 0 bridgehead atoms. The molecule has 1 aliphatic rings. The van der Waals surface area contributed by atoms with Gasteiger partial charge in [-0.3, -0.25) is 4.79 Å². The van der Waals surface area contributed by atoms with Crippen molar-refractivity contribution in [2.45, 2.75) is 65.0 Å². The first kappa shape index (κ1) is 13.6. The lowest BCUT2D eigenvalue weighted by molar-refractivity contribution is -0.298. The molecule has 1 fully saturated rings. The molecule has 16 heavy (non-hydrogen) atoms. The number of ketones is 1. The van der Waals surface area contributed by atoms with E-state index in [1.54, 1.807) is 0 Å². The normalized spacial score (nSPS) is 41.4. The molecule has 4 heteroatoms. The van der Waals surface area contributed by atoms with Gasteiger partial charge in [0.15, 0.2) is 0 Å². The van der Waals surface area contributed by atoms with Crippen LogP contribution in [0.4, 0.5) is 0 Å². The van der Waals surface area contributed by atoms with E-state index in [4.69, 9.17) is 10.8 Å². The fourth-order valence-electron chi connectivity index (χ4n) is 2.71. The number of carbonyl (C=O) groups is 1. The third-order valence-corrected chi connectivity index (χ3v) is 4.51. The van der Waals surface area contributed by atoms with Gasteiger partial charge in [0.1, 0.15) is 5.78 Å². The third-order valence-electron chi connectivity index (χ3n) is 4.51. The van der Waals surface area contributed by atoms with Crippen molar-refractivity contribution in [2.75, 3.05) is 0 Å². The molecule has 3 unspecified atom stereocenters. The van der Waals surface area contributed by atoms with E-state index in [0.717, 1.165) is 12.8 Å². The SMILES string of the molecule is CCC1(C)CC(=O)C(C)C(C)(CC)N1ON. The van der Waals surface area contributed by atoms with E-state index in [1.807, 2.05) is 18.9 Å². The zero-order chi connectivity index (χ0) is 12.6. The van der Waals surface area contributed by atoms with E-state index in [2.05, 4.69) is 20.8 Å². The van der Waals surface area contributed by atoms with Crippen molar-refractivity contribution < 1.29 is 9.73 Å². The topological polar surface area (TPSA) is 55.6 Å². The number of rotatable bonds is 3. The molecule has 0 spiro atoms. The van der Waals surface area contributed by atoms with Gasteiger partial charge in [-0.1, -0.05) is 20.8 Å². The molecule has 0 aromatic heterocycles. The van der Waals surface area contributed by atoms with Crippen LogP contribution in [-0.2, 0) is 9.73 Å². The molecular formula is C12H24N2O2. The van der Waals surface area contributed by atoms with E-state index >= 15 is 0 Å². The number of piperidine rings is 1. The van der Waals surface area contributed by atoms with Gasteiger partial charge < -0.3 is 0 Å². The molecular weight excluding hydrogens is 204 g/mol. The molecule has 0 radical (unpaired) electrons. The third kappa shape index (κ3) is 1.79. The molecule has 0 aromatic carbocycles. The first-order chi connectivity index (χ1) is 7.35. The van der Waals surface area contributed by atoms with Crippen LogP contribution in [0.25, 0.3) is 0 Å². The Hall–Kier alpha value is -0.450. The summed E-state index contributed by atoms with van der Waals surface area (Å²) in [5.74, 6) is 5.69. The molecule has 0 saturated carbocycles. The molecule has 0 amide bonds. The lowest BCUT2D eigenvalue weighted by Crippen LogP contribution is -2.67. The maximum atomic E-state index is 12.1. The average molecular weight is 228 g/mol. The second-order valence-corrected chi connectivity index (χ2v) is 5.33. The van der Waals surface area contributed by atoms with Gasteiger partial charge in [0, 0.05) is 12.3 Å². The van der Waals surface area contributed by atoms with Crippen molar-refractivity contribution >= 4 is 5.78 Å². The Labute approximate surface area is 98.0 Å². The molecule has 0 aliphatic carbocycles. The van der Waals surface area contributed by atoms with E-state index in [1.165, 1.54) is 0 Å². The number of nitrogens with zero attached hydrogens (tertiary/aromatic N) is 1. The fourth-order valence-corrected chi connectivity index (χ4v) is 2.71. The highest BCUT2D eigenvalue weighted by Crippen LogP contribution is 2.43. The van der Waals surface area contributed by atoms with Crippen LogP contribution in [0.3, 0.4) is 0 Å². The number of hydrogen-bond acceptors (Lipinski definition) is 4. The van der Waals surface area contributed by atoms with E-state index in [-0.39, 0.29) is 17.0 Å². The second kappa shape index (κ2) is 4.43. The molecule has 1 saturated heterocycles. The Bertz CT molecular complexity index is 282. The van der Waals surface area contributed by atoms with Crippen LogP contribution >= 0.6 is 0 Å². The average Bonchev–Trinajstić information content (AvgIpc) is 2.26. The monoisotopic (exact) mass is 228 g/mol. The molecule has 1 aliphatic heterocycles. The maximum absolute atomic E-state index is 12.1. The summed E-state index contributed by atoms with van der Waals surface area (Å²) >= 11 is 0. The molecule has 1 rings (SSSR count). The quantitative estimate of drug-likeness (QED) is 0.751. The van der Waals surface area contributed by atoms with E-state index in [9.17, 15) is 4.79 Å². The number of carbonyl (C=O) groups excluding carboxylic acids is 1. The maximum Gasteiger partial charge on any atom is 0.139 e. The standard InChI is InChI=1S/C12H24N2O2/c1-6-11(4)8-10(15)9(3)12(5,7-2)14(11)16-13/h9H,6-8,13H2,1-5H3. The summed E-state index contributed by atoms with van der Waals surface area (Å²) in [5.41, 5.74) is -0.599. The minimum Gasteiger partial charge on any atom is -0.299 e. The van der Waals surface area contributed by atoms with Crippen LogP contribution in [0.1, 0.15) is 53.9 Å². The highest BCUT2D eigenvalue weighted by atomic mass is 16.8. The lowest BCUT2D eigenvalue weighted by atomic mass is 9.70. The van der Waals surface area contributed by atoms with Gasteiger partial charge in [0.25, 0.3) is 0 Å². The van der Waals surface area contributed by atoms with Gasteiger partial charge in [-0.25, -0.2) is 4.94 Å². The summed E-state index contributed by atoms with van der Waals surface area (Å²) in [6.45, 7) is 10.2. The highest BCUT2D eigenvalue weighted by Gasteiger charge is 2.53. The highest BCUT2D eigenvalue weighted by molar-refractivity contribution is 5.84. The minimum absolute atomic E-state index is 0.0410. The zero-order valence-corrected chi connectivity index (χ0v) is 11.0. The van der Waals surface area contributed by atoms with Gasteiger partial charge >= 0.3 is 0 Å². The fraction of sp³-hybridized carbons (Fsp3) is 0.917. The zero-order valence-electron chi connectivity index (χ0n) is 11.0. The van der Waals surface area contributed by atoms with Crippen LogP contribution in [0.5, 0.6) is 0 Å². The van der Waals surface area contributed by atoms with Crippen molar-refractivity contribution in [1.29, 1.82) is 0 Å². The minimum atomic E-state index is -0.311. The molecule has 4 nitrogen and oxygen atoms in total. The van der Waals surface area contributed by atoms with Gasteiger partial charge in [0.05, 0.1) is 11.1 Å². The number of hydrogen-bond donors (Lipinski definition) is 1. The van der Waals surface area contributed by atoms with Crippen molar-refractivity contribution in [3.63, 3.8) is 0 Å². The molecule has 3 atom stereocenters. The Kier molecular flexibility index (Phi) is 3.77. The first-order valence-corrected chi connectivity index (χ1v) is 6.05. The van der Waals surface area contributed by atoms with Crippen molar-refractivity contribution in [3.05, 3.63) is 0 Å². The van der Waals surface area contributed by atoms with Crippen LogP contribution in [0.2, 0.25) is 0 Å². The summed E-state index contributed by atoms with van der Waals surface area (Å²) in [6, 6.07) is 0. The van der Waals surface area contributed by atoms with Crippen LogP contribution < -0.4 is 5.90 Å². The largest absolute Gasteiger partial charge is 0.299 e. The second-order valence-electron chi connectivity index (χ2n) is 5.33. The molecule has 2 N–H and O–H groups in total.